The van der Waals surface area contributed by atoms with Crippen LogP contribution in [-0.2, 0) is 14.4 Å². The van der Waals surface area contributed by atoms with Crippen molar-refractivity contribution in [2.75, 3.05) is 65.4 Å². The quantitative estimate of drug-likeness (QED) is 0.497. The highest BCUT2D eigenvalue weighted by Gasteiger charge is 2.18. The molecular formula is C14H24N4O5-2. The standard InChI is InChI=1S/C14H26N4O5/c1-2-15-12(19)9-16-3-5-17(10-13(20)21)7-8-18(6-4-16)11-14(22)23/h2-11H2,1H3,(H,15,19)(H,20,21)(H,22,23)/p-2. The number of nitrogens with one attached hydrogen (secondary N) is 1. The first-order chi connectivity index (χ1) is 10.9. The molecule has 1 aliphatic rings. The third-order valence-corrected chi connectivity index (χ3v) is 3.64. The monoisotopic (exact) mass is 328 g/mol. The fraction of sp³-hybridized carbons (Fsp3) is 0.786. The maximum Gasteiger partial charge on any atom is 0.234 e. The van der Waals surface area contributed by atoms with Gasteiger partial charge in [0.05, 0.1) is 18.5 Å². The van der Waals surface area contributed by atoms with Crippen LogP contribution in [0.3, 0.4) is 0 Å². The number of carboxylic acid groups (broad SMARTS) is 2. The molecule has 132 valence electrons. The molecule has 1 rings (SSSR count). The lowest BCUT2D eigenvalue weighted by molar-refractivity contribution is -0.308. The Morgan fingerprint density at radius 2 is 1.13 bits per heavy atom. The Kier molecular flexibility index (Phi) is 8.52. The molecule has 23 heavy (non-hydrogen) atoms. The summed E-state index contributed by atoms with van der Waals surface area (Å²) in [5, 5.41) is 24.3. The van der Waals surface area contributed by atoms with Crippen molar-refractivity contribution in [1.82, 2.24) is 20.0 Å². The van der Waals surface area contributed by atoms with Gasteiger partial charge in [-0.05, 0) is 6.92 Å². The SMILES string of the molecule is CCNC(=O)CN1CCN(CC(=O)[O-])CCN(CC(=O)[O-])CC1. The first-order valence-corrected chi connectivity index (χ1v) is 7.74. The van der Waals surface area contributed by atoms with Gasteiger partial charge in [-0.1, -0.05) is 0 Å². The van der Waals surface area contributed by atoms with Gasteiger partial charge in [0.2, 0.25) is 5.91 Å². The fourth-order valence-corrected chi connectivity index (χ4v) is 2.48. The maximum absolute atomic E-state index is 11.7. The molecule has 1 saturated heterocycles. The molecule has 0 aromatic heterocycles. The average molecular weight is 328 g/mol. The second-order valence-corrected chi connectivity index (χ2v) is 5.53. The second-order valence-electron chi connectivity index (χ2n) is 5.53. The van der Waals surface area contributed by atoms with Crippen LogP contribution in [0.1, 0.15) is 6.92 Å². The molecule has 1 N–H and O–H groups in total. The van der Waals surface area contributed by atoms with Crippen LogP contribution in [0.25, 0.3) is 0 Å². The van der Waals surface area contributed by atoms with E-state index in [1.165, 1.54) is 0 Å². The molecule has 0 aliphatic carbocycles. The maximum atomic E-state index is 11.7. The van der Waals surface area contributed by atoms with Gasteiger partial charge in [0.15, 0.2) is 0 Å². The second kappa shape index (κ2) is 10.1. The number of nitrogens with zero attached hydrogens (tertiary/aromatic N) is 3. The van der Waals surface area contributed by atoms with Crippen molar-refractivity contribution in [3.63, 3.8) is 0 Å². The topological polar surface area (TPSA) is 119 Å². The molecule has 0 bridgehead atoms. The van der Waals surface area contributed by atoms with Crippen molar-refractivity contribution < 1.29 is 24.6 Å². The molecule has 1 fully saturated rings. The van der Waals surface area contributed by atoms with Crippen LogP contribution in [-0.4, -0.2) is 98.0 Å². The van der Waals surface area contributed by atoms with E-state index < -0.39 is 11.9 Å². The van der Waals surface area contributed by atoms with Crippen LogP contribution < -0.4 is 15.5 Å². The van der Waals surface area contributed by atoms with Crippen LogP contribution >= 0.6 is 0 Å². The van der Waals surface area contributed by atoms with Crippen molar-refractivity contribution in [3.8, 4) is 0 Å². The average Bonchev–Trinajstić information content (AvgIpc) is 2.52. The van der Waals surface area contributed by atoms with Gasteiger partial charge >= 0.3 is 0 Å². The number of rotatable bonds is 7. The fourth-order valence-electron chi connectivity index (χ4n) is 2.48. The van der Waals surface area contributed by atoms with Crippen LogP contribution in [0.15, 0.2) is 0 Å². The lowest BCUT2D eigenvalue weighted by Gasteiger charge is -2.26. The molecule has 0 radical (unpaired) electrons. The Labute approximate surface area is 135 Å². The summed E-state index contributed by atoms with van der Waals surface area (Å²) >= 11 is 0. The first kappa shape index (κ1) is 19.3. The van der Waals surface area contributed by atoms with Crippen molar-refractivity contribution in [1.29, 1.82) is 0 Å². The van der Waals surface area contributed by atoms with Crippen LogP contribution in [0.4, 0.5) is 0 Å². The lowest BCUT2D eigenvalue weighted by Crippen LogP contribution is -2.45. The zero-order chi connectivity index (χ0) is 17.2. The van der Waals surface area contributed by atoms with E-state index in [0.29, 0.717) is 45.8 Å². The smallest absolute Gasteiger partial charge is 0.234 e. The largest absolute Gasteiger partial charge is 0.549 e. The number of hydrogen-bond donors (Lipinski definition) is 1. The Hall–Kier alpha value is -1.71. The van der Waals surface area contributed by atoms with E-state index in [2.05, 4.69) is 5.32 Å². The highest BCUT2D eigenvalue weighted by molar-refractivity contribution is 5.77. The summed E-state index contributed by atoms with van der Waals surface area (Å²) in [6.07, 6.45) is 0. The summed E-state index contributed by atoms with van der Waals surface area (Å²) < 4.78 is 0. The highest BCUT2D eigenvalue weighted by atomic mass is 16.4. The summed E-state index contributed by atoms with van der Waals surface area (Å²) in [6.45, 7) is 5.02. The summed E-state index contributed by atoms with van der Waals surface area (Å²) in [5.74, 6) is -2.46. The van der Waals surface area contributed by atoms with Gasteiger partial charge in [0.1, 0.15) is 0 Å². The van der Waals surface area contributed by atoms with Crippen molar-refractivity contribution in [2.45, 2.75) is 6.92 Å². The van der Waals surface area contributed by atoms with Crippen LogP contribution in [0.5, 0.6) is 0 Å². The third kappa shape index (κ3) is 8.48. The minimum Gasteiger partial charge on any atom is -0.549 e. The number of likely N-dealkylation sites (N-methyl/N-ethyl adjacent to an activating group) is 1. The predicted octanol–water partition coefficient (Wildman–Crippen LogP) is -4.46. The van der Waals surface area contributed by atoms with E-state index in [4.69, 9.17) is 0 Å². The molecule has 9 nitrogen and oxygen atoms in total. The molecule has 9 heteroatoms. The van der Waals surface area contributed by atoms with Crippen molar-refractivity contribution in [2.24, 2.45) is 0 Å². The molecule has 1 aliphatic heterocycles. The van der Waals surface area contributed by atoms with E-state index >= 15 is 0 Å². The minimum atomic E-state index is -1.18. The summed E-state index contributed by atoms with van der Waals surface area (Å²) in [5.41, 5.74) is 0. The molecule has 0 spiro atoms. The van der Waals surface area contributed by atoms with Gasteiger partial charge < -0.3 is 25.1 Å². The molecule has 1 amide bonds. The Morgan fingerprint density at radius 1 is 0.783 bits per heavy atom. The van der Waals surface area contributed by atoms with Gasteiger partial charge in [0, 0.05) is 58.9 Å². The zero-order valence-electron chi connectivity index (χ0n) is 13.5. The van der Waals surface area contributed by atoms with Crippen LogP contribution in [0.2, 0.25) is 0 Å². The number of aliphatic carboxylic acids is 2. The molecule has 1 heterocycles. The summed E-state index contributed by atoms with van der Waals surface area (Å²) in [4.78, 5) is 38.6. The molecule has 0 aromatic carbocycles. The minimum absolute atomic E-state index is 0.107. The Morgan fingerprint density at radius 3 is 1.43 bits per heavy atom. The lowest BCUT2D eigenvalue weighted by atomic mass is 10.4. The van der Waals surface area contributed by atoms with E-state index in [-0.39, 0.29) is 25.5 Å². The molecule has 0 saturated carbocycles. The number of hydrogen-bond acceptors (Lipinski definition) is 8. The number of carboxylic acids is 2. The van der Waals surface area contributed by atoms with Gasteiger partial charge in [-0.3, -0.25) is 19.5 Å². The summed E-state index contributed by atoms with van der Waals surface area (Å²) in [7, 11) is 0. The molecule has 0 aromatic rings. The molecule has 0 unspecified atom stereocenters. The van der Waals surface area contributed by atoms with E-state index in [9.17, 15) is 24.6 Å². The number of amides is 1. The Balaban J connectivity index is 2.68. The zero-order valence-corrected chi connectivity index (χ0v) is 13.5. The number of carbonyl (C=O) groups is 3. The number of carbonyl (C=O) groups excluding carboxylic acids is 3. The normalized spacial score (nSPS) is 18.7. The molecule has 0 atom stereocenters. The third-order valence-electron chi connectivity index (χ3n) is 3.64. The van der Waals surface area contributed by atoms with Gasteiger partial charge in [-0.15, -0.1) is 0 Å². The summed E-state index contributed by atoms with van der Waals surface area (Å²) in [6, 6.07) is 0. The van der Waals surface area contributed by atoms with Gasteiger partial charge in [0.25, 0.3) is 0 Å². The van der Waals surface area contributed by atoms with Gasteiger partial charge in [-0.25, -0.2) is 0 Å². The first-order valence-electron chi connectivity index (χ1n) is 7.74. The Bertz CT molecular complexity index is 390. The van der Waals surface area contributed by atoms with Crippen molar-refractivity contribution in [3.05, 3.63) is 0 Å². The van der Waals surface area contributed by atoms with Crippen LogP contribution in [0, 0.1) is 0 Å². The molecular weight excluding hydrogens is 304 g/mol. The van der Waals surface area contributed by atoms with E-state index in [1.807, 2.05) is 11.8 Å². The van der Waals surface area contributed by atoms with E-state index in [0.717, 1.165) is 0 Å². The van der Waals surface area contributed by atoms with E-state index in [1.54, 1.807) is 9.80 Å². The highest BCUT2D eigenvalue weighted by Crippen LogP contribution is 2.00. The predicted molar refractivity (Wildman–Crippen MR) is 78.0 cm³/mol. The van der Waals surface area contributed by atoms with Crippen molar-refractivity contribution >= 4 is 17.8 Å². The van der Waals surface area contributed by atoms with Gasteiger partial charge in [-0.2, -0.15) is 0 Å².